The van der Waals surface area contributed by atoms with Gasteiger partial charge in [0.15, 0.2) is 0 Å². The van der Waals surface area contributed by atoms with Crippen LogP contribution in [0.15, 0.2) is 54.9 Å². The molecule has 1 amide bonds. The third kappa shape index (κ3) is 5.13. The van der Waals surface area contributed by atoms with Crippen molar-refractivity contribution in [3.8, 4) is 0 Å². The van der Waals surface area contributed by atoms with Gasteiger partial charge in [-0.2, -0.15) is 0 Å². The fourth-order valence-electron chi connectivity index (χ4n) is 4.66. The van der Waals surface area contributed by atoms with Gasteiger partial charge in [0.2, 0.25) is 0 Å². The van der Waals surface area contributed by atoms with Gasteiger partial charge in [0.05, 0.1) is 37.1 Å². The lowest BCUT2D eigenvalue weighted by Gasteiger charge is -2.30. The smallest absolute Gasteiger partial charge is 0.254 e. The Balaban J connectivity index is 1.31. The Hall–Kier alpha value is -2.67. The number of benzene rings is 2. The van der Waals surface area contributed by atoms with Crippen molar-refractivity contribution in [2.75, 3.05) is 57.5 Å². The molecule has 33 heavy (non-hydrogen) atoms. The molecule has 0 N–H and O–H groups in total. The van der Waals surface area contributed by atoms with Gasteiger partial charge in [0, 0.05) is 55.4 Å². The van der Waals surface area contributed by atoms with Crippen molar-refractivity contribution in [3.05, 3.63) is 71.0 Å². The highest BCUT2D eigenvalue weighted by molar-refractivity contribution is 6.33. The molecule has 172 valence electrons. The average molecular weight is 466 g/mol. The van der Waals surface area contributed by atoms with Crippen LogP contribution in [-0.2, 0) is 15.9 Å². The summed E-state index contributed by atoms with van der Waals surface area (Å²) < 4.78 is 11.3. The maximum absolute atomic E-state index is 13.4. The molecule has 0 saturated carbocycles. The van der Waals surface area contributed by atoms with Crippen molar-refractivity contribution in [2.45, 2.75) is 6.42 Å². The highest BCUT2D eigenvalue weighted by Gasteiger charge is 2.25. The Labute approximate surface area is 199 Å². The van der Waals surface area contributed by atoms with Gasteiger partial charge >= 0.3 is 0 Å². The zero-order valence-electron chi connectivity index (χ0n) is 18.6. The Morgan fingerprint density at radius 2 is 1.85 bits per heavy atom. The van der Waals surface area contributed by atoms with Crippen LogP contribution < -0.4 is 4.90 Å². The van der Waals surface area contributed by atoms with E-state index in [0.29, 0.717) is 50.1 Å². The van der Waals surface area contributed by atoms with Gasteiger partial charge in [-0.05, 0) is 47.7 Å². The number of rotatable bonds is 4. The van der Waals surface area contributed by atoms with Gasteiger partial charge in [-0.1, -0.05) is 23.7 Å². The molecule has 0 bridgehead atoms. The summed E-state index contributed by atoms with van der Waals surface area (Å²) in [5.74, 6) is 0.260. The van der Waals surface area contributed by atoms with Crippen LogP contribution in [0, 0.1) is 5.92 Å². The second-order valence-corrected chi connectivity index (χ2v) is 9.13. The van der Waals surface area contributed by atoms with Crippen LogP contribution in [0.2, 0.25) is 5.02 Å². The second kappa shape index (κ2) is 10.1. The lowest BCUT2D eigenvalue weighted by atomic mass is 9.97. The van der Waals surface area contributed by atoms with Gasteiger partial charge in [0.1, 0.15) is 0 Å². The van der Waals surface area contributed by atoms with E-state index in [0.717, 1.165) is 30.6 Å². The fraction of sp³-hybridized carbons (Fsp3) is 0.385. The summed E-state index contributed by atoms with van der Waals surface area (Å²) in [7, 11) is 0. The first-order chi connectivity index (χ1) is 16.2. The summed E-state index contributed by atoms with van der Waals surface area (Å²) in [6, 6.07) is 14.1. The SMILES string of the molecule is O=C(c1ccc(Cl)c(N2CCOCC2)c1)N1CCOC[C@@H](Cc2ccc3ccncc3c2)C1. The molecule has 0 unspecified atom stereocenters. The van der Waals surface area contributed by atoms with E-state index in [4.69, 9.17) is 21.1 Å². The van der Waals surface area contributed by atoms with Crippen molar-refractivity contribution in [1.82, 2.24) is 9.88 Å². The summed E-state index contributed by atoms with van der Waals surface area (Å²) in [6.45, 7) is 5.35. The highest BCUT2D eigenvalue weighted by Crippen LogP contribution is 2.29. The Bertz CT molecular complexity index is 1130. The lowest BCUT2D eigenvalue weighted by molar-refractivity contribution is 0.0737. The normalized spacial score (nSPS) is 19.5. The molecule has 0 aliphatic carbocycles. The Kier molecular flexibility index (Phi) is 6.76. The molecule has 0 spiro atoms. The van der Waals surface area contributed by atoms with Crippen LogP contribution in [0.3, 0.4) is 0 Å². The number of nitrogens with zero attached hydrogens (tertiary/aromatic N) is 3. The van der Waals surface area contributed by atoms with E-state index in [2.05, 4.69) is 28.1 Å². The summed E-state index contributed by atoms with van der Waals surface area (Å²) in [4.78, 5) is 21.8. The lowest BCUT2D eigenvalue weighted by Crippen LogP contribution is -2.38. The van der Waals surface area contributed by atoms with Crippen molar-refractivity contribution in [3.63, 3.8) is 0 Å². The largest absolute Gasteiger partial charge is 0.379 e. The van der Waals surface area contributed by atoms with Crippen molar-refractivity contribution in [1.29, 1.82) is 0 Å². The number of fused-ring (bicyclic) bond motifs is 1. The Morgan fingerprint density at radius 1 is 1.00 bits per heavy atom. The van der Waals surface area contributed by atoms with E-state index in [1.54, 1.807) is 0 Å². The van der Waals surface area contributed by atoms with Gasteiger partial charge in [-0.3, -0.25) is 9.78 Å². The topological polar surface area (TPSA) is 54.9 Å². The van der Waals surface area contributed by atoms with Gasteiger partial charge < -0.3 is 19.3 Å². The third-order valence-corrected chi connectivity index (χ3v) is 6.72. The van der Waals surface area contributed by atoms with E-state index >= 15 is 0 Å². The van der Waals surface area contributed by atoms with Crippen LogP contribution in [0.4, 0.5) is 5.69 Å². The van der Waals surface area contributed by atoms with Crippen LogP contribution in [0.5, 0.6) is 0 Å². The molecule has 2 aromatic carbocycles. The van der Waals surface area contributed by atoms with Gasteiger partial charge in [-0.25, -0.2) is 0 Å². The maximum Gasteiger partial charge on any atom is 0.254 e. The molecule has 1 atom stereocenters. The molecule has 2 aliphatic rings. The molecule has 5 rings (SSSR count). The maximum atomic E-state index is 13.4. The van der Waals surface area contributed by atoms with Gasteiger partial charge in [0.25, 0.3) is 5.91 Å². The van der Waals surface area contributed by atoms with Gasteiger partial charge in [-0.15, -0.1) is 0 Å². The molecule has 0 radical (unpaired) electrons. The van der Waals surface area contributed by atoms with Crippen molar-refractivity contribution < 1.29 is 14.3 Å². The minimum atomic E-state index is 0.0272. The molecule has 6 nitrogen and oxygen atoms in total. The first-order valence-electron chi connectivity index (χ1n) is 11.5. The number of pyridine rings is 1. The molecular weight excluding hydrogens is 438 g/mol. The number of halogens is 1. The number of ether oxygens (including phenoxy) is 2. The number of hydrogen-bond donors (Lipinski definition) is 0. The van der Waals surface area contributed by atoms with E-state index in [-0.39, 0.29) is 11.8 Å². The Morgan fingerprint density at radius 3 is 2.73 bits per heavy atom. The molecule has 2 saturated heterocycles. The quantitative estimate of drug-likeness (QED) is 0.581. The number of hydrogen-bond acceptors (Lipinski definition) is 5. The zero-order chi connectivity index (χ0) is 22.6. The molecule has 2 aliphatic heterocycles. The standard InChI is InChI=1S/C26H28ClN3O3/c27-24-4-3-22(15-25(24)29-7-10-32-11-8-29)26(31)30-9-12-33-18-20(17-30)13-19-1-2-21-5-6-28-16-23(21)14-19/h1-6,14-16,20H,7-13,17-18H2/t20-/m0/s1. The average Bonchev–Trinajstić information content (AvgIpc) is 3.10. The van der Waals surface area contributed by atoms with E-state index < -0.39 is 0 Å². The first-order valence-corrected chi connectivity index (χ1v) is 11.9. The predicted molar refractivity (Wildman–Crippen MR) is 130 cm³/mol. The number of anilines is 1. The molecule has 2 fully saturated rings. The minimum Gasteiger partial charge on any atom is -0.379 e. The zero-order valence-corrected chi connectivity index (χ0v) is 19.3. The van der Waals surface area contributed by atoms with Crippen molar-refractivity contribution >= 4 is 34.0 Å². The first kappa shape index (κ1) is 22.1. The number of carbonyl (C=O) groups is 1. The molecule has 3 heterocycles. The number of amides is 1. The summed E-state index contributed by atoms with van der Waals surface area (Å²) in [6.07, 6.45) is 4.56. The summed E-state index contributed by atoms with van der Waals surface area (Å²) in [5, 5.41) is 2.98. The van der Waals surface area contributed by atoms with Crippen LogP contribution >= 0.6 is 11.6 Å². The monoisotopic (exact) mass is 465 g/mol. The highest BCUT2D eigenvalue weighted by atomic mass is 35.5. The minimum absolute atomic E-state index is 0.0272. The van der Waals surface area contributed by atoms with E-state index in [1.807, 2.05) is 41.6 Å². The predicted octanol–water partition coefficient (Wildman–Crippen LogP) is 4.06. The number of morpholine rings is 1. The van der Waals surface area contributed by atoms with E-state index in [9.17, 15) is 4.79 Å². The van der Waals surface area contributed by atoms with Crippen LogP contribution in [-0.4, -0.2) is 68.4 Å². The van der Waals surface area contributed by atoms with E-state index in [1.165, 1.54) is 10.9 Å². The summed E-state index contributed by atoms with van der Waals surface area (Å²) in [5.41, 5.74) is 2.80. The third-order valence-electron chi connectivity index (χ3n) is 6.40. The number of aromatic nitrogens is 1. The molecular formula is C26H28ClN3O3. The molecule has 3 aromatic rings. The van der Waals surface area contributed by atoms with Crippen LogP contribution in [0.1, 0.15) is 15.9 Å². The molecule has 7 heteroatoms. The second-order valence-electron chi connectivity index (χ2n) is 8.72. The van der Waals surface area contributed by atoms with Crippen LogP contribution in [0.25, 0.3) is 10.8 Å². The summed E-state index contributed by atoms with van der Waals surface area (Å²) >= 11 is 6.47. The fourth-order valence-corrected chi connectivity index (χ4v) is 4.90. The van der Waals surface area contributed by atoms with Crippen molar-refractivity contribution in [2.24, 2.45) is 5.92 Å². The molecule has 1 aromatic heterocycles. The number of carbonyl (C=O) groups excluding carboxylic acids is 1.